The second-order valence-electron chi connectivity index (χ2n) is 5.64. The van der Waals surface area contributed by atoms with Gasteiger partial charge in [-0.15, -0.1) is 0 Å². The number of benzene rings is 2. The summed E-state index contributed by atoms with van der Waals surface area (Å²) in [4.78, 5) is 4.00. The average Bonchev–Trinajstić information content (AvgIpc) is 2.68. The quantitative estimate of drug-likeness (QED) is 0.654. The van der Waals surface area contributed by atoms with E-state index in [1.165, 1.54) is 48.7 Å². The Balaban J connectivity index is 1.71. The maximum atomic E-state index is 12.9. The van der Waals surface area contributed by atoms with E-state index in [4.69, 9.17) is 21.6 Å². The first-order valence-corrected chi connectivity index (χ1v) is 9.81. The van der Waals surface area contributed by atoms with Crippen molar-refractivity contribution < 1.29 is 17.5 Å². The Bertz CT molecular complexity index is 1150. The molecule has 0 fully saturated rings. The third-order valence-corrected chi connectivity index (χ3v) is 5.38. The zero-order valence-corrected chi connectivity index (χ0v) is 15.8. The standard InChI is InChI=1S/C19H13ClFN3O3S/c20-18-10-17(6-1-14(18)11-22)28(25,26)24-12-13-7-8-23-19(9-13)27-16-4-2-15(21)3-5-16/h1-10,24H,12H2. The van der Waals surface area contributed by atoms with Gasteiger partial charge in [-0.25, -0.2) is 22.5 Å². The Morgan fingerprint density at radius 2 is 1.89 bits per heavy atom. The number of aromatic nitrogens is 1. The van der Waals surface area contributed by atoms with E-state index in [-0.39, 0.29) is 33.7 Å². The molecule has 6 nitrogen and oxygen atoms in total. The lowest BCUT2D eigenvalue weighted by atomic mass is 10.2. The summed E-state index contributed by atoms with van der Waals surface area (Å²) < 4.78 is 45.8. The predicted molar refractivity (Wildman–Crippen MR) is 101 cm³/mol. The van der Waals surface area contributed by atoms with Gasteiger partial charge in [0.1, 0.15) is 17.6 Å². The number of hydrogen-bond acceptors (Lipinski definition) is 5. The van der Waals surface area contributed by atoms with E-state index >= 15 is 0 Å². The number of nitrogens with one attached hydrogen (secondary N) is 1. The van der Waals surface area contributed by atoms with Crippen LogP contribution < -0.4 is 9.46 Å². The van der Waals surface area contributed by atoms with Crippen LogP contribution in [0.2, 0.25) is 5.02 Å². The fourth-order valence-electron chi connectivity index (χ4n) is 2.25. The van der Waals surface area contributed by atoms with Crippen LogP contribution >= 0.6 is 11.6 Å². The fraction of sp³-hybridized carbons (Fsp3) is 0.0526. The Morgan fingerprint density at radius 3 is 2.57 bits per heavy atom. The van der Waals surface area contributed by atoms with Gasteiger partial charge in [0.2, 0.25) is 15.9 Å². The summed E-state index contributed by atoms with van der Waals surface area (Å²) in [6.07, 6.45) is 1.47. The van der Waals surface area contributed by atoms with E-state index < -0.39 is 10.0 Å². The summed E-state index contributed by atoms with van der Waals surface area (Å²) in [7, 11) is -3.83. The highest BCUT2D eigenvalue weighted by Crippen LogP contribution is 2.22. The van der Waals surface area contributed by atoms with Gasteiger partial charge in [0, 0.05) is 18.8 Å². The van der Waals surface area contributed by atoms with Gasteiger partial charge in [0.05, 0.1) is 15.5 Å². The molecular weight excluding hydrogens is 405 g/mol. The van der Waals surface area contributed by atoms with Crippen molar-refractivity contribution in [3.63, 3.8) is 0 Å². The molecule has 28 heavy (non-hydrogen) atoms. The molecule has 0 spiro atoms. The number of hydrogen-bond donors (Lipinski definition) is 1. The van der Waals surface area contributed by atoms with Crippen LogP contribution in [0.15, 0.2) is 65.7 Å². The zero-order valence-electron chi connectivity index (χ0n) is 14.3. The molecule has 1 N–H and O–H groups in total. The van der Waals surface area contributed by atoms with E-state index in [0.717, 1.165) is 0 Å². The Kier molecular flexibility index (Phi) is 5.90. The van der Waals surface area contributed by atoms with Gasteiger partial charge >= 0.3 is 0 Å². The van der Waals surface area contributed by atoms with Crippen molar-refractivity contribution in [2.75, 3.05) is 0 Å². The molecule has 0 aliphatic rings. The zero-order chi connectivity index (χ0) is 20.1. The molecule has 0 saturated carbocycles. The molecular formula is C19H13ClFN3O3S. The SMILES string of the molecule is N#Cc1ccc(S(=O)(=O)NCc2ccnc(Oc3ccc(F)cc3)c2)cc1Cl. The van der Waals surface area contributed by atoms with Crippen LogP contribution in [0.25, 0.3) is 0 Å². The van der Waals surface area contributed by atoms with E-state index in [0.29, 0.717) is 11.3 Å². The summed E-state index contributed by atoms with van der Waals surface area (Å²) in [6, 6.07) is 14.4. The highest BCUT2D eigenvalue weighted by molar-refractivity contribution is 7.89. The minimum atomic E-state index is -3.83. The van der Waals surface area contributed by atoms with E-state index in [1.807, 2.05) is 6.07 Å². The minimum Gasteiger partial charge on any atom is -0.439 e. The third kappa shape index (κ3) is 4.84. The van der Waals surface area contributed by atoms with E-state index in [9.17, 15) is 12.8 Å². The molecule has 0 unspecified atom stereocenters. The second kappa shape index (κ2) is 8.35. The summed E-state index contributed by atoms with van der Waals surface area (Å²) in [5.41, 5.74) is 0.799. The van der Waals surface area contributed by atoms with Crippen molar-refractivity contribution in [3.05, 3.63) is 82.8 Å². The Labute approximate surface area is 166 Å². The van der Waals surface area contributed by atoms with Crippen LogP contribution in [-0.4, -0.2) is 13.4 Å². The molecule has 142 valence electrons. The number of ether oxygens (including phenoxy) is 1. The van der Waals surface area contributed by atoms with Crippen LogP contribution in [0.5, 0.6) is 11.6 Å². The predicted octanol–water partition coefficient (Wildman–Crippen LogP) is 4.02. The largest absolute Gasteiger partial charge is 0.439 e. The average molecular weight is 418 g/mol. The van der Waals surface area contributed by atoms with E-state index in [2.05, 4.69) is 9.71 Å². The number of rotatable bonds is 6. The first-order chi connectivity index (χ1) is 13.4. The van der Waals surface area contributed by atoms with Crippen molar-refractivity contribution >= 4 is 21.6 Å². The smallest absolute Gasteiger partial charge is 0.240 e. The summed E-state index contributed by atoms with van der Waals surface area (Å²) in [5, 5.41) is 8.93. The molecule has 0 atom stereocenters. The van der Waals surface area contributed by atoms with Crippen molar-refractivity contribution in [2.24, 2.45) is 0 Å². The lowest BCUT2D eigenvalue weighted by Crippen LogP contribution is -2.23. The van der Waals surface area contributed by atoms with E-state index in [1.54, 1.807) is 12.1 Å². The summed E-state index contributed by atoms with van der Waals surface area (Å²) in [6.45, 7) is -0.0117. The third-order valence-electron chi connectivity index (χ3n) is 3.67. The molecule has 0 saturated heterocycles. The maximum absolute atomic E-state index is 12.9. The molecule has 3 rings (SSSR count). The normalized spacial score (nSPS) is 11.0. The van der Waals surface area contributed by atoms with Crippen molar-refractivity contribution in [1.29, 1.82) is 5.26 Å². The van der Waals surface area contributed by atoms with Crippen LogP contribution in [0.1, 0.15) is 11.1 Å². The fourth-order valence-corrected chi connectivity index (χ4v) is 3.59. The molecule has 0 amide bonds. The highest BCUT2D eigenvalue weighted by Gasteiger charge is 2.16. The van der Waals surface area contributed by atoms with Crippen LogP contribution in [0, 0.1) is 17.1 Å². The Hall–Kier alpha value is -2.99. The molecule has 0 radical (unpaired) electrons. The number of nitrogens with zero attached hydrogens (tertiary/aromatic N) is 2. The summed E-state index contributed by atoms with van der Waals surface area (Å²) in [5.74, 6) is 0.259. The molecule has 3 aromatic rings. The molecule has 0 aliphatic heterocycles. The van der Waals surface area contributed by atoms with Gasteiger partial charge < -0.3 is 4.74 Å². The first kappa shape index (κ1) is 19.8. The topological polar surface area (TPSA) is 92.1 Å². The molecule has 1 heterocycles. The first-order valence-electron chi connectivity index (χ1n) is 7.95. The second-order valence-corrected chi connectivity index (χ2v) is 7.81. The van der Waals surface area contributed by atoms with Crippen LogP contribution in [-0.2, 0) is 16.6 Å². The van der Waals surface area contributed by atoms with Gasteiger partial charge in [0.15, 0.2) is 0 Å². The van der Waals surface area contributed by atoms with Gasteiger partial charge in [-0.2, -0.15) is 5.26 Å². The van der Waals surface area contributed by atoms with Gasteiger partial charge in [-0.1, -0.05) is 11.6 Å². The highest BCUT2D eigenvalue weighted by atomic mass is 35.5. The number of halogens is 2. The molecule has 1 aromatic heterocycles. The minimum absolute atomic E-state index is 0.0117. The van der Waals surface area contributed by atoms with Gasteiger partial charge in [-0.3, -0.25) is 0 Å². The summed E-state index contributed by atoms with van der Waals surface area (Å²) >= 11 is 5.90. The van der Waals surface area contributed by atoms with Crippen LogP contribution in [0.3, 0.4) is 0 Å². The monoisotopic (exact) mass is 417 g/mol. The molecule has 0 bridgehead atoms. The molecule has 0 aliphatic carbocycles. The lowest BCUT2D eigenvalue weighted by molar-refractivity contribution is 0.460. The van der Waals surface area contributed by atoms with Crippen molar-refractivity contribution in [1.82, 2.24) is 9.71 Å². The number of pyridine rings is 1. The number of nitriles is 1. The van der Waals surface area contributed by atoms with Crippen LogP contribution in [0.4, 0.5) is 4.39 Å². The van der Waals surface area contributed by atoms with Gasteiger partial charge in [0.25, 0.3) is 0 Å². The maximum Gasteiger partial charge on any atom is 0.240 e. The van der Waals surface area contributed by atoms with Crippen molar-refractivity contribution in [3.8, 4) is 17.7 Å². The van der Waals surface area contributed by atoms with Crippen molar-refractivity contribution in [2.45, 2.75) is 11.4 Å². The number of sulfonamides is 1. The molecule has 2 aromatic carbocycles. The molecule has 9 heteroatoms. The Morgan fingerprint density at radius 1 is 1.14 bits per heavy atom. The van der Waals surface area contributed by atoms with Gasteiger partial charge in [-0.05, 0) is 54.1 Å². The lowest BCUT2D eigenvalue weighted by Gasteiger charge is -2.09.